The summed E-state index contributed by atoms with van der Waals surface area (Å²) in [5.41, 5.74) is 0. The molecule has 16 heavy (non-hydrogen) atoms. The van der Waals surface area contributed by atoms with Gasteiger partial charge in [0.2, 0.25) is 11.8 Å². The van der Waals surface area contributed by atoms with Gasteiger partial charge in [0, 0.05) is 6.54 Å². The summed E-state index contributed by atoms with van der Waals surface area (Å²) >= 11 is 0. The molecule has 1 aliphatic heterocycles. The second kappa shape index (κ2) is 5.07. The van der Waals surface area contributed by atoms with Crippen LogP contribution in [0.15, 0.2) is 0 Å². The Morgan fingerprint density at radius 1 is 1.56 bits per heavy atom. The highest BCUT2D eigenvalue weighted by Gasteiger charge is 2.36. The smallest absolute Gasteiger partial charge is 0.317 e. The normalized spacial score (nSPS) is 20.6. The first-order chi connectivity index (χ1) is 7.40. The fourth-order valence-corrected chi connectivity index (χ4v) is 1.78. The Hall–Kier alpha value is -1.43. The average molecular weight is 228 g/mol. The first kappa shape index (κ1) is 12.6. The lowest BCUT2D eigenvalue weighted by Crippen LogP contribution is -2.45. The van der Waals surface area contributed by atoms with Crippen LogP contribution in [-0.2, 0) is 14.4 Å². The molecule has 0 aromatic rings. The van der Waals surface area contributed by atoms with Gasteiger partial charge in [0.1, 0.15) is 0 Å². The highest BCUT2D eigenvalue weighted by atomic mass is 16.4. The van der Waals surface area contributed by atoms with E-state index < -0.39 is 17.9 Å². The van der Waals surface area contributed by atoms with Crippen LogP contribution in [0.25, 0.3) is 0 Å². The van der Waals surface area contributed by atoms with Gasteiger partial charge in [-0.3, -0.25) is 24.6 Å². The predicted molar refractivity (Wildman–Crippen MR) is 55.6 cm³/mol. The molecule has 0 spiro atoms. The van der Waals surface area contributed by atoms with Gasteiger partial charge in [-0.1, -0.05) is 13.8 Å². The van der Waals surface area contributed by atoms with Crippen LogP contribution in [-0.4, -0.2) is 46.9 Å². The fraction of sp³-hybridized carbons (Fsp3) is 0.700. The molecule has 1 fully saturated rings. The van der Waals surface area contributed by atoms with Gasteiger partial charge >= 0.3 is 5.97 Å². The molecule has 1 rings (SSSR count). The van der Waals surface area contributed by atoms with Crippen LogP contribution in [0.2, 0.25) is 0 Å². The van der Waals surface area contributed by atoms with Crippen molar-refractivity contribution in [1.29, 1.82) is 0 Å². The Balaban J connectivity index is 2.71. The number of amides is 2. The van der Waals surface area contributed by atoms with Crippen molar-refractivity contribution in [2.75, 3.05) is 13.1 Å². The molecule has 1 heterocycles. The molecule has 0 aromatic carbocycles. The van der Waals surface area contributed by atoms with E-state index in [1.165, 1.54) is 4.90 Å². The molecular formula is C10H16N2O4. The zero-order chi connectivity index (χ0) is 12.3. The zero-order valence-corrected chi connectivity index (χ0v) is 9.40. The van der Waals surface area contributed by atoms with Crippen molar-refractivity contribution in [2.45, 2.75) is 26.3 Å². The van der Waals surface area contributed by atoms with Crippen LogP contribution < -0.4 is 5.32 Å². The van der Waals surface area contributed by atoms with Gasteiger partial charge in [0.25, 0.3) is 0 Å². The van der Waals surface area contributed by atoms with E-state index in [9.17, 15) is 14.4 Å². The lowest BCUT2D eigenvalue weighted by atomic mass is 10.1. The summed E-state index contributed by atoms with van der Waals surface area (Å²) in [7, 11) is 0. The van der Waals surface area contributed by atoms with Gasteiger partial charge in [0.15, 0.2) is 0 Å². The molecule has 6 heteroatoms. The molecule has 0 radical (unpaired) electrons. The van der Waals surface area contributed by atoms with Gasteiger partial charge in [-0.15, -0.1) is 0 Å². The van der Waals surface area contributed by atoms with Crippen molar-refractivity contribution in [3.8, 4) is 0 Å². The fourth-order valence-electron chi connectivity index (χ4n) is 1.78. The molecule has 0 aromatic heterocycles. The van der Waals surface area contributed by atoms with Gasteiger partial charge < -0.3 is 5.11 Å². The van der Waals surface area contributed by atoms with Crippen molar-refractivity contribution in [3.63, 3.8) is 0 Å². The maximum atomic E-state index is 11.4. The Morgan fingerprint density at radius 3 is 2.56 bits per heavy atom. The number of hydrogen-bond acceptors (Lipinski definition) is 4. The summed E-state index contributed by atoms with van der Waals surface area (Å²) in [4.78, 5) is 34.7. The molecule has 2 N–H and O–H groups in total. The van der Waals surface area contributed by atoms with Crippen molar-refractivity contribution in [2.24, 2.45) is 5.92 Å². The standard InChI is InChI=1S/C10H16N2O4/c1-6(2)4-12(5-9(14)15)7-3-8(13)11-10(7)16/h6-7H,3-5H2,1-2H3,(H,14,15)(H,11,13,16). The van der Waals surface area contributed by atoms with Crippen LogP contribution in [0.5, 0.6) is 0 Å². The largest absolute Gasteiger partial charge is 0.480 e. The summed E-state index contributed by atoms with van der Waals surface area (Å²) in [5.74, 6) is -1.49. The van der Waals surface area contributed by atoms with Crippen LogP contribution >= 0.6 is 0 Å². The van der Waals surface area contributed by atoms with Crippen LogP contribution in [0.3, 0.4) is 0 Å². The molecule has 1 saturated heterocycles. The molecular weight excluding hydrogens is 212 g/mol. The van der Waals surface area contributed by atoms with E-state index in [-0.39, 0.29) is 24.8 Å². The molecule has 0 bridgehead atoms. The highest BCUT2D eigenvalue weighted by molar-refractivity contribution is 6.05. The number of carbonyl (C=O) groups is 3. The van der Waals surface area contributed by atoms with Crippen LogP contribution in [0.4, 0.5) is 0 Å². The van der Waals surface area contributed by atoms with E-state index in [1.54, 1.807) is 0 Å². The summed E-state index contributed by atoms with van der Waals surface area (Å²) in [6.45, 7) is 4.13. The van der Waals surface area contributed by atoms with Gasteiger partial charge in [-0.25, -0.2) is 0 Å². The maximum Gasteiger partial charge on any atom is 0.317 e. The Morgan fingerprint density at radius 2 is 2.19 bits per heavy atom. The van der Waals surface area contributed by atoms with Crippen molar-refractivity contribution < 1.29 is 19.5 Å². The van der Waals surface area contributed by atoms with Gasteiger partial charge in [-0.2, -0.15) is 0 Å². The average Bonchev–Trinajstić information content (AvgIpc) is 2.42. The SMILES string of the molecule is CC(C)CN(CC(=O)O)C1CC(=O)NC1=O. The van der Waals surface area contributed by atoms with Gasteiger partial charge in [0.05, 0.1) is 19.0 Å². The summed E-state index contributed by atoms with van der Waals surface area (Å²) in [5, 5.41) is 10.9. The third-order valence-electron chi connectivity index (χ3n) is 2.32. The Bertz CT molecular complexity index is 314. The van der Waals surface area contributed by atoms with E-state index in [2.05, 4.69) is 5.32 Å². The van der Waals surface area contributed by atoms with Crippen molar-refractivity contribution in [1.82, 2.24) is 10.2 Å². The number of nitrogens with zero attached hydrogens (tertiary/aromatic N) is 1. The lowest BCUT2D eigenvalue weighted by Gasteiger charge is -2.26. The number of hydrogen-bond donors (Lipinski definition) is 2. The van der Waals surface area contributed by atoms with E-state index in [0.29, 0.717) is 6.54 Å². The molecule has 1 unspecified atom stereocenters. The molecule has 0 saturated carbocycles. The summed E-state index contributed by atoms with van der Waals surface area (Å²) < 4.78 is 0. The molecule has 0 aliphatic carbocycles. The minimum atomic E-state index is -0.993. The number of carbonyl (C=O) groups excluding carboxylic acids is 2. The van der Waals surface area contributed by atoms with E-state index in [1.807, 2.05) is 13.8 Å². The maximum absolute atomic E-state index is 11.4. The van der Waals surface area contributed by atoms with E-state index in [0.717, 1.165) is 0 Å². The Kier molecular flexibility index (Phi) is 4.00. The third-order valence-corrected chi connectivity index (χ3v) is 2.32. The quantitative estimate of drug-likeness (QED) is 0.616. The molecule has 6 nitrogen and oxygen atoms in total. The topological polar surface area (TPSA) is 86.7 Å². The number of imide groups is 1. The second-order valence-electron chi connectivity index (χ2n) is 4.35. The highest BCUT2D eigenvalue weighted by Crippen LogP contribution is 2.12. The second-order valence-corrected chi connectivity index (χ2v) is 4.35. The van der Waals surface area contributed by atoms with E-state index >= 15 is 0 Å². The van der Waals surface area contributed by atoms with Gasteiger partial charge in [-0.05, 0) is 5.92 Å². The van der Waals surface area contributed by atoms with Crippen molar-refractivity contribution in [3.05, 3.63) is 0 Å². The van der Waals surface area contributed by atoms with Crippen LogP contribution in [0, 0.1) is 5.92 Å². The first-order valence-corrected chi connectivity index (χ1v) is 5.19. The Labute approximate surface area is 93.6 Å². The molecule has 1 atom stereocenters. The summed E-state index contributed by atoms with van der Waals surface area (Å²) in [6.07, 6.45) is 0.0544. The minimum Gasteiger partial charge on any atom is -0.480 e. The van der Waals surface area contributed by atoms with Crippen LogP contribution in [0.1, 0.15) is 20.3 Å². The number of rotatable bonds is 5. The first-order valence-electron chi connectivity index (χ1n) is 5.19. The number of aliphatic carboxylic acids is 1. The zero-order valence-electron chi connectivity index (χ0n) is 9.40. The molecule has 2 amide bonds. The summed E-state index contributed by atoms with van der Waals surface area (Å²) in [6, 6.07) is -0.633. The third kappa shape index (κ3) is 3.30. The predicted octanol–water partition coefficient (Wildman–Crippen LogP) is -0.556. The lowest BCUT2D eigenvalue weighted by molar-refractivity contribution is -0.139. The molecule has 90 valence electrons. The molecule has 1 aliphatic rings. The van der Waals surface area contributed by atoms with E-state index in [4.69, 9.17) is 5.11 Å². The minimum absolute atomic E-state index is 0.0544. The van der Waals surface area contributed by atoms with Crippen molar-refractivity contribution >= 4 is 17.8 Å². The number of carboxylic acid groups (broad SMARTS) is 1. The number of nitrogens with one attached hydrogen (secondary N) is 1. The monoisotopic (exact) mass is 228 g/mol. The number of carboxylic acids is 1.